The van der Waals surface area contributed by atoms with Crippen molar-refractivity contribution in [2.75, 3.05) is 13.2 Å². The summed E-state index contributed by atoms with van der Waals surface area (Å²) >= 11 is 0. The number of allylic oxidation sites excluding steroid dienone is 3. The van der Waals surface area contributed by atoms with Gasteiger partial charge in [0.1, 0.15) is 24.4 Å². The summed E-state index contributed by atoms with van der Waals surface area (Å²) in [6, 6.07) is -0.801. The van der Waals surface area contributed by atoms with Crippen molar-refractivity contribution in [1.82, 2.24) is 5.32 Å². The lowest BCUT2D eigenvalue weighted by atomic mass is 9.99. The highest BCUT2D eigenvalue weighted by Crippen LogP contribution is 2.22. The lowest BCUT2D eigenvalue weighted by Crippen LogP contribution is -2.60. The molecular formula is C40H75NO8. The van der Waals surface area contributed by atoms with Crippen molar-refractivity contribution in [2.45, 2.75) is 211 Å². The number of carbonyl (C=O) groups is 1. The topological polar surface area (TPSA) is 149 Å². The number of ether oxygens (including phenoxy) is 2. The second kappa shape index (κ2) is 31.4. The third-order valence-electron chi connectivity index (χ3n) is 9.52. The van der Waals surface area contributed by atoms with Gasteiger partial charge in [0.25, 0.3) is 0 Å². The van der Waals surface area contributed by atoms with Gasteiger partial charge in [-0.3, -0.25) is 4.79 Å². The largest absolute Gasteiger partial charge is 0.394 e. The molecule has 1 rings (SSSR count). The van der Waals surface area contributed by atoms with E-state index < -0.39 is 49.5 Å². The zero-order valence-corrected chi connectivity index (χ0v) is 31.2. The van der Waals surface area contributed by atoms with Crippen molar-refractivity contribution in [2.24, 2.45) is 0 Å². The number of nitrogens with one attached hydrogen (secondary N) is 1. The summed E-state index contributed by atoms with van der Waals surface area (Å²) in [7, 11) is 0. The summed E-state index contributed by atoms with van der Waals surface area (Å²) in [5, 5.41) is 53.8. The first-order chi connectivity index (χ1) is 23.8. The highest BCUT2D eigenvalue weighted by Gasteiger charge is 2.44. The number of aliphatic hydroxyl groups excluding tert-OH is 5. The van der Waals surface area contributed by atoms with Gasteiger partial charge in [-0.05, 0) is 44.9 Å². The quantitative estimate of drug-likeness (QED) is 0.0320. The molecular weight excluding hydrogens is 622 g/mol. The number of carbonyl (C=O) groups excluding carboxylic acids is 1. The van der Waals surface area contributed by atoms with Crippen molar-refractivity contribution < 1.29 is 39.8 Å². The fraction of sp³-hybridized carbons (Fsp3) is 0.875. The lowest BCUT2D eigenvalue weighted by Gasteiger charge is -2.40. The zero-order chi connectivity index (χ0) is 36.0. The summed E-state index contributed by atoms with van der Waals surface area (Å²) < 4.78 is 11.1. The van der Waals surface area contributed by atoms with Gasteiger partial charge in [-0.1, -0.05) is 141 Å². The lowest BCUT2D eigenvalue weighted by molar-refractivity contribution is -0.302. The predicted molar refractivity (Wildman–Crippen MR) is 198 cm³/mol. The van der Waals surface area contributed by atoms with Gasteiger partial charge in [0, 0.05) is 6.42 Å². The van der Waals surface area contributed by atoms with Crippen molar-refractivity contribution in [1.29, 1.82) is 0 Å². The first-order valence-corrected chi connectivity index (χ1v) is 20.1. The summed E-state index contributed by atoms with van der Waals surface area (Å²) in [5.74, 6) is -0.185. The number of unbranched alkanes of at least 4 members (excludes halogenated alkanes) is 20. The molecule has 0 spiro atoms. The molecule has 9 nitrogen and oxygen atoms in total. The second-order valence-corrected chi connectivity index (χ2v) is 14.1. The van der Waals surface area contributed by atoms with E-state index in [0.29, 0.717) is 6.42 Å². The van der Waals surface area contributed by atoms with Crippen molar-refractivity contribution >= 4 is 5.91 Å². The Morgan fingerprint density at radius 3 is 1.65 bits per heavy atom. The molecule has 9 heteroatoms. The number of hydrogen-bond donors (Lipinski definition) is 6. The molecule has 7 atom stereocenters. The summed E-state index contributed by atoms with van der Waals surface area (Å²) in [6.45, 7) is 3.71. The smallest absolute Gasteiger partial charge is 0.220 e. The van der Waals surface area contributed by atoms with Crippen LogP contribution in [0.25, 0.3) is 0 Å². The monoisotopic (exact) mass is 698 g/mol. The maximum atomic E-state index is 12.9. The minimum atomic E-state index is -1.56. The van der Waals surface area contributed by atoms with Gasteiger partial charge in [0.15, 0.2) is 6.29 Å². The minimum absolute atomic E-state index is 0.185. The van der Waals surface area contributed by atoms with Crippen molar-refractivity contribution in [3.8, 4) is 0 Å². The van der Waals surface area contributed by atoms with Crippen LogP contribution < -0.4 is 5.32 Å². The van der Waals surface area contributed by atoms with E-state index in [4.69, 9.17) is 9.47 Å². The van der Waals surface area contributed by atoms with E-state index in [1.807, 2.05) is 6.08 Å². The molecule has 1 amide bonds. The standard InChI is InChI=1S/C40H75NO8/c1-3-5-7-9-11-13-14-15-16-17-18-19-20-22-24-26-28-30-36(44)41-33(34(43)29-27-25-23-21-12-10-8-6-4-2)32-48-40-39(47)38(46)37(45)35(31-42)49-40/h15-16,27,29,33-35,37-40,42-43,45-47H,3-14,17-26,28,30-32H2,1-2H3,(H,41,44)/b16-15+,29-27+/t33-,34+,35-,37-,38?,39?,40-/m0/s1. The maximum Gasteiger partial charge on any atom is 0.220 e. The van der Waals surface area contributed by atoms with E-state index in [-0.39, 0.29) is 12.5 Å². The van der Waals surface area contributed by atoms with Gasteiger partial charge in [-0.15, -0.1) is 0 Å². The van der Waals surface area contributed by atoms with Gasteiger partial charge in [-0.25, -0.2) is 0 Å². The molecule has 1 aliphatic heterocycles. The molecule has 1 heterocycles. The van der Waals surface area contributed by atoms with Crippen LogP contribution in [0.2, 0.25) is 0 Å². The summed E-state index contributed by atoms with van der Waals surface area (Å²) in [4.78, 5) is 12.9. The molecule has 0 aromatic carbocycles. The van der Waals surface area contributed by atoms with Crippen LogP contribution in [0.5, 0.6) is 0 Å². The van der Waals surface area contributed by atoms with Crippen molar-refractivity contribution in [3.63, 3.8) is 0 Å². The van der Waals surface area contributed by atoms with Crippen LogP contribution in [0.1, 0.15) is 168 Å². The fourth-order valence-electron chi connectivity index (χ4n) is 6.21. The van der Waals surface area contributed by atoms with E-state index in [9.17, 15) is 30.3 Å². The van der Waals surface area contributed by atoms with E-state index in [1.165, 1.54) is 103 Å². The van der Waals surface area contributed by atoms with Crippen LogP contribution in [-0.4, -0.2) is 87.5 Å². The van der Waals surface area contributed by atoms with Crippen LogP contribution in [0.3, 0.4) is 0 Å². The Morgan fingerprint density at radius 1 is 0.673 bits per heavy atom. The van der Waals surface area contributed by atoms with Gasteiger partial charge in [-0.2, -0.15) is 0 Å². The summed E-state index contributed by atoms with van der Waals surface area (Å²) in [6.07, 6.45) is 28.0. The Labute approximate surface area is 298 Å². The minimum Gasteiger partial charge on any atom is -0.394 e. The van der Waals surface area contributed by atoms with Crippen LogP contribution in [0, 0.1) is 0 Å². The van der Waals surface area contributed by atoms with Gasteiger partial charge in [0.05, 0.1) is 25.4 Å². The Bertz CT molecular complexity index is 822. The molecule has 0 aromatic rings. The van der Waals surface area contributed by atoms with Gasteiger partial charge >= 0.3 is 0 Å². The van der Waals surface area contributed by atoms with Crippen molar-refractivity contribution in [3.05, 3.63) is 24.3 Å². The Balaban J connectivity index is 2.38. The third kappa shape index (κ3) is 23.0. The normalized spacial score (nSPS) is 22.6. The molecule has 0 aliphatic carbocycles. The summed E-state index contributed by atoms with van der Waals surface area (Å²) in [5.41, 5.74) is 0. The average molecular weight is 698 g/mol. The molecule has 1 fully saturated rings. The Kier molecular flexibility index (Phi) is 29.3. The molecule has 0 bridgehead atoms. The van der Waals surface area contributed by atoms with E-state index in [2.05, 4.69) is 31.3 Å². The van der Waals surface area contributed by atoms with E-state index in [1.54, 1.807) is 6.08 Å². The zero-order valence-electron chi connectivity index (χ0n) is 31.2. The fourth-order valence-corrected chi connectivity index (χ4v) is 6.21. The van der Waals surface area contributed by atoms with Gasteiger partial charge < -0.3 is 40.3 Å². The number of aliphatic hydroxyl groups is 5. The highest BCUT2D eigenvalue weighted by molar-refractivity contribution is 5.76. The number of hydrogen-bond acceptors (Lipinski definition) is 8. The van der Waals surface area contributed by atoms with Crippen LogP contribution >= 0.6 is 0 Å². The number of rotatable bonds is 32. The van der Waals surface area contributed by atoms with Crippen LogP contribution in [0.4, 0.5) is 0 Å². The highest BCUT2D eigenvalue weighted by atomic mass is 16.7. The predicted octanol–water partition coefficient (Wildman–Crippen LogP) is 7.16. The SMILES string of the molecule is CCCCCCCC/C=C/CCCCCCCCCC(=O)N[C@@H](CO[C@H]1O[C@@H](CO)[C@H](O)C(O)C1O)[C@H](O)/C=C/CCCCCCCCC. The third-order valence-corrected chi connectivity index (χ3v) is 9.52. The van der Waals surface area contributed by atoms with E-state index in [0.717, 1.165) is 44.9 Å². The van der Waals surface area contributed by atoms with Crippen LogP contribution in [-0.2, 0) is 14.3 Å². The molecule has 49 heavy (non-hydrogen) atoms. The molecule has 1 aliphatic rings. The molecule has 0 saturated carbocycles. The Hall–Kier alpha value is -1.33. The molecule has 288 valence electrons. The first-order valence-electron chi connectivity index (χ1n) is 20.1. The molecule has 6 N–H and O–H groups in total. The number of amides is 1. The van der Waals surface area contributed by atoms with Gasteiger partial charge in [0.2, 0.25) is 5.91 Å². The van der Waals surface area contributed by atoms with E-state index >= 15 is 0 Å². The molecule has 0 aromatic heterocycles. The Morgan fingerprint density at radius 2 is 1.14 bits per heavy atom. The molecule has 0 radical (unpaired) electrons. The second-order valence-electron chi connectivity index (χ2n) is 14.1. The molecule has 1 saturated heterocycles. The van der Waals surface area contributed by atoms with Crippen LogP contribution in [0.15, 0.2) is 24.3 Å². The first kappa shape index (κ1) is 45.7. The molecule has 2 unspecified atom stereocenters. The average Bonchev–Trinajstić information content (AvgIpc) is 3.10. The maximum absolute atomic E-state index is 12.9.